The lowest BCUT2D eigenvalue weighted by molar-refractivity contribution is -0.119. The Bertz CT molecular complexity index is 965. The van der Waals surface area contributed by atoms with Gasteiger partial charge in [0.05, 0.1) is 7.11 Å². The predicted octanol–water partition coefficient (Wildman–Crippen LogP) is 3.60. The SMILES string of the molecule is COc1cccc(C(=O)CCC(=O)Nc2ccc3c(c2)CCN3C(=O)C2CC2)c1. The predicted molar refractivity (Wildman–Crippen MR) is 110 cm³/mol. The number of anilines is 2. The minimum Gasteiger partial charge on any atom is -0.497 e. The van der Waals surface area contributed by atoms with Gasteiger partial charge in [0, 0.05) is 42.2 Å². The first-order chi connectivity index (χ1) is 14.0. The third-order valence-electron chi connectivity index (χ3n) is 5.42. The molecular formula is C23H24N2O4. The smallest absolute Gasteiger partial charge is 0.230 e. The molecule has 2 aliphatic rings. The van der Waals surface area contributed by atoms with E-state index in [1.54, 1.807) is 31.4 Å². The summed E-state index contributed by atoms with van der Waals surface area (Å²) in [7, 11) is 1.55. The average molecular weight is 392 g/mol. The van der Waals surface area contributed by atoms with Crippen LogP contribution in [0.3, 0.4) is 0 Å². The number of hydrogen-bond acceptors (Lipinski definition) is 4. The van der Waals surface area contributed by atoms with Gasteiger partial charge in [-0.2, -0.15) is 0 Å². The van der Waals surface area contributed by atoms with Crippen LogP contribution >= 0.6 is 0 Å². The molecule has 0 spiro atoms. The zero-order chi connectivity index (χ0) is 20.4. The van der Waals surface area contributed by atoms with Crippen LogP contribution in [0.5, 0.6) is 5.75 Å². The van der Waals surface area contributed by atoms with E-state index in [-0.39, 0.29) is 36.4 Å². The summed E-state index contributed by atoms with van der Waals surface area (Å²) in [5.74, 6) is 0.735. The Morgan fingerprint density at radius 2 is 1.93 bits per heavy atom. The number of ether oxygens (including phenoxy) is 1. The average Bonchev–Trinajstić information content (AvgIpc) is 3.51. The molecular weight excluding hydrogens is 368 g/mol. The lowest BCUT2D eigenvalue weighted by Gasteiger charge is -2.17. The van der Waals surface area contributed by atoms with Crippen LogP contribution in [0.1, 0.15) is 41.6 Å². The highest BCUT2D eigenvalue weighted by molar-refractivity contribution is 6.01. The van der Waals surface area contributed by atoms with Gasteiger partial charge in [-0.3, -0.25) is 14.4 Å². The van der Waals surface area contributed by atoms with Gasteiger partial charge < -0.3 is 15.0 Å². The molecule has 1 N–H and O–H groups in total. The Hall–Kier alpha value is -3.15. The van der Waals surface area contributed by atoms with Gasteiger partial charge in [-0.25, -0.2) is 0 Å². The molecule has 2 aromatic rings. The molecule has 4 rings (SSSR count). The molecule has 1 saturated carbocycles. The summed E-state index contributed by atoms with van der Waals surface area (Å²) >= 11 is 0. The molecule has 2 aromatic carbocycles. The van der Waals surface area contributed by atoms with Gasteiger partial charge in [0.25, 0.3) is 0 Å². The van der Waals surface area contributed by atoms with Crippen LogP contribution in [0.25, 0.3) is 0 Å². The quantitative estimate of drug-likeness (QED) is 0.731. The van der Waals surface area contributed by atoms with Crippen LogP contribution in [0, 0.1) is 5.92 Å². The molecule has 1 aliphatic heterocycles. The second-order valence-corrected chi connectivity index (χ2v) is 7.56. The number of fused-ring (bicyclic) bond motifs is 1. The highest BCUT2D eigenvalue weighted by Crippen LogP contribution is 2.37. The number of nitrogens with one attached hydrogen (secondary N) is 1. The highest BCUT2D eigenvalue weighted by Gasteiger charge is 2.36. The van der Waals surface area contributed by atoms with Crippen molar-refractivity contribution < 1.29 is 19.1 Å². The number of hydrogen-bond donors (Lipinski definition) is 1. The molecule has 2 amide bonds. The standard InChI is InChI=1S/C23H24N2O4/c1-29-19-4-2-3-17(14-19)21(26)9-10-22(27)24-18-7-8-20-16(13-18)11-12-25(20)23(28)15-5-6-15/h2-4,7-8,13-15H,5-6,9-12H2,1H3,(H,24,27). The third kappa shape index (κ3) is 4.31. The lowest BCUT2D eigenvalue weighted by Crippen LogP contribution is -2.30. The van der Waals surface area contributed by atoms with Gasteiger partial charge in [0.15, 0.2) is 5.78 Å². The van der Waals surface area contributed by atoms with E-state index in [1.807, 2.05) is 23.1 Å². The first-order valence-corrected chi connectivity index (χ1v) is 9.96. The van der Waals surface area contributed by atoms with Crippen LogP contribution in [-0.4, -0.2) is 31.3 Å². The van der Waals surface area contributed by atoms with Crippen LogP contribution in [0.4, 0.5) is 11.4 Å². The summed E-state index contributed by atoms with van der Waals surface area (Å²) < 4.78 is 5.13. The molecule has 1 heterocycles. The fourth-order valence-electron chi connectivity index (χ4n) is 3.65. The van der Waals surface area contributed by atoms with E-state index in [1.165, 1.54) is 0 Å². The Morgan fingerprint density at radius 1 is 1.10 bits per heavy atom. The van der Waals surface area contributed by atoms with E-state index in [9.17, 15) is 14.4 Å². The van der Waals surface area contributed by atoms with Crippen molar-refractivity contribution in [3.05, 3.63) is 53.6 Å². The number of ketones is 1. The van der Waals surface area contributed by atoms with E-state index in [0.29, 0.717) is 23.5 Å². The van der Waals surface area contributed by atoms with E-state index in [2.05, 4.69) is 5.32 Å². The molecule has 0 unspecified atom stereocenters. The lowest BCUT2D eigenvalue weighted by atomic mass is 10.1. The largest absolute Gasteiger partial charge is 0.497 e. The topological polar surface area (TPSA) is 75.7 Å². The molecule has 0 radical (unpaired) electrons. The summed E-state index contributed by atoms with van der Waals surface area (Å²) in [4.78, 5) is 38.8. The normalized spacial score (nSPS) is 15.0. The van der Waals surface area contributed by atoms with Crippen molar-refractivity contribution >= 4 is 29.0 Å². The monoisotopic (exact) mass is 392 g/mol. The molecule has 0 saturated heterocycles. The fraction of sp³-hybridized carbons (Fsp3) is 0.348. The second kappa shape index (κ2) is 8.07. The number of methoxy groups -OCH3 is 1. The van der Waals surface area contributed by atoms with E-state index in [4.69, 9.17) is 4.74 Å². The molecule has 6 heteroatoms. The molecule has 0 atom stereocenters. The summed E-state index contributed by atoms with van der Waals surface area (Å²) in [5, 5.41) is 2.86. The second-order valence-electron chi connectivity index (χ2n) is 7.56. The van der Waals surface area contributed by atoms with E-state index < -0.39 is 0 Å². The number of rotatable bonds is 7. The van der Waals surface area contributed by atoms with E-state index in [0.717, 1.165) is 30.5 Å². The summed E-state index contributed by atoms with van der Waals surface area (Å²) in [6, 6.07) is 12.6. The number of carbonyl (C=O) groups excluding carboxylic acids is 3. The zero-order valence-electron chi connectivity index (χ0n) is 16.4. The Labute approximate surface area is 169 Å². The van der Waals surface area contributed by atoms with Crippen molar-refractivity contribution in [1.29, 1.82) is 0 Å². The number of nitrogens with zero attached hydrogens (tertiary/aromatic N) is 1. The molecule has 6 nitrogen and oxygen atoms in total. The molecule has 0 aromatic heterocycles. The maximum atomic E-state index is 12.4. The van der Waals surface area contributed by atoms with Crippen molar-refractivity contribution in [3.63, 3.8) is 0 Å². The van der Waals surface area contributed by atoms with Crippen LogP contribution in [-0.2, 0) is 16.0 Å². The van der Waals surface area contributed by atoms with Gasteiger partial charge in [0.2, 0.25) is 11.8 Å². The van der Waals surface area contributed by atoms with Gasteiger partial charge in [-0.05, 0) is 55.2 Å². The Kier molecular flexibility index (Phi) is 5.34. The number of carbonyl (C=O) groups is 3. The Morgan fingerprint density at radius 3 is 2.69 bits per heavy atom. The van der Waals surface area contributed by atoms with Gasteiger partial charge in [-0.1, -0.05) is 12.1 Å². The minimum absolute atomic E-state index is 0.0952. The molecule has 0 bridgehead atoms. The molecule has 1 fully saturated rings. The maximum Gasteiger partial charge on any atom is 0.230 e. The highest BCUT2D eigenvalue weighted by atomic mass is 16.5. The zero-order valence-corrected chi connectivity index (χ0v) is 16.4. The van der Waals surface area contributed by atoms with Gasteiger partial charge in [0.1, 0.15) is 5.75 Å². The van der Waals surface area contributed by atoms with Gasteiger partial charge in [-0.15, -0.1) is 0 Å². The number of benzene rings is 2. The van der Waals surface area contributed by atoms with Crippen LogP contribution in [0.2, 0.25) is 0 Å². The maximum absolute atomic E-state index is 12.4. The summed E-state index contributed by atoms with van der Waals surface area (Å²) in [5.41, 5.74) is 3.26. The summed E-state index contributed by atoms with van der Waals surface area (Å²) in [6.07, 6.45) is 3.03. The third-order valence-corrected chi connectivity index (χ3v) is 5.42. The first kappa shape index (κ1) is 19.2. The van der Waals surface area contributed by atoms with Crippen LogP contribution in [0.15, 0.2) is 42.5 Å². The summed E-state index contributed by atoms with van der Waals surface area (Å²) in [6.45, 7) is 0.705. The van der Waals surface area contributed by atoms with Crippen molar-refractivity contribution in [1.82, 2.24) is 0 Å². The number of amides is 2. The molecule has 150 valence electrons. The van der Waals surface area contributed by atoms with Crippen molar-refractivity contribution in [2.24, 2.45) is 5.92 Å². The fourth-order valence-corrected chi connectivity index (χ4v) is 3.65. The first-order valence-electron chi connectivity index (χ1n) is 9.96. The van der Waals surface area contributed by atoms with E-state index >= 15 is 0 Å². The minimum atomic E-state index is -0.204. The molecule has 29 heavy (non-hydrogen) atoms. The van der Waals surface area contributed by atoms with Crippen molar-refractivity contribution in [2.45, 2.75) is 32.1 Å². The molecule has 1 aliphatic carbocycles. The Balaban J connectivity index is 1.33. The van der Waals surface area contributed by atoms with Crippen molar-refractivity contribution in [3.8, 4) is 5.75 Å². The van der Waals surface area contributed by atoms with Gasteiger partial charge >= 0.3 is 0 Å². The number of Topliss-reactive ketones (excluding diaryl/α,β-unsaturated/α-hetero) is 1. The van der Waals surface area contributed by atoms with Crippen molar-refractivity contribution in [2.75, 3.05) is 23.9 Å². The van der Waals surface area contributed by atoms with Crippen LogP contribution < -0.4 is 15.0 Å².